The van der Waals surface area contributed by atoms with E-state index in [9.17, 15) is 14.4 Å². The number of alkyl carbamates (subject to hydrolysis) is 1. The summed E-state index contributed by atoms with van der Waals surface area (Å²) in [5, 5.41) is 5.32. The standard InChI is InChI=1S/C17H24N4O4/c1-9(11-6-7-12-13(8-11)21-15(23)20-12)18-14(22)10(2)19-16(24)25-17(3,4)5/h6-10H,1-5H3,(H,18,22)(H,19,24)(H2,20,21,23)/t9?,10-/m1/s1. The molecule has 1 unspecified atom stereocenters. The highest BCUT2D eigenvalue weighted by molar-refractivity contribution is 5.85. The van der Waals surface area contributed by atoms with Gasteiger partial charge in [-0.1, -0.05) is 6.07 Å². The molecule has 0 aliphatic rings. The van der Waals surface area contributed by atoms with Gasteiger partial charge in [0.1, 0.15) is 11.6 Å². The monoisotopic (exact) mass is 348 g/mol. The van der Waals surface area contributed by atoms with Crippen molar-refractivity contribution < 1.29 is 14.3 Å². The summed E-state index contributed by atoms with van der Waals surface area (Å²) in [6.07, 6.45) is -0.644. The Morgan fingerprint density at radius 1 is 1.08 bits per heavy atom. The number of fused-ring (bicyclic) bond motifs is 1. The minimum Gasteiger partial charge on any atom is -0.444 e. The zero-order valence-corrected chi connectivity index (χ0v) is 15.0. The third-order valence-electron chi connectivity index (χ3n) is 3.53. The second-order valence-corrected chi connectivity index (χ2v) is 6.98. The van der Waals surface area contributed by atoms with Gasteiger partial charge < -0.3 is 25.3 Å². The highest BCUT2D eigenvalue weighted by Gasteiger charge is 2.22. The molecule has 2 atom stereocenters. The van der Waals surface area contributed by atoms with Crippen molar-refractivity contribution in [3.05, 3.63) is 34.2 Å². The Kier molecular flexibility index (Phi) is 5.20. The maximum Gasteiger partial charge on any atom is 0.408 e. The van der Waals surface area contributed by atoms with Crippen molar-refractivity contribution in [2.24, 2.45) is 0 Å². The summed E-state index contributed by atoms with van der Waals surface area (Å²) < 4.78 is 5.13. The quantitative estimate of drug-likeness (QED) is 0.675. The SMILES string of the molecule is CC(NC(=O)[C@@H](C)NC(=O)OC(C)(C)C)c1ccc2[nH]c(=O)[nH]c2c1. The molecule has 4 N–H and O–H groups in total. The summed E-state index contributed by atoms with van der Waals surface area (Å²) >= 11 is 0. The predicted octanol–water partition coefficient (Wildman–Crippen LogP) is 1.95. The number of ether oxygens (including phenoxy) is 1. The maximum absolute atomic E-state index is 12.3. The zero-order valence-electron chi connectivity index (χ0n) is 15.0. The lowest BCUT2D eigenvalue weighted by Gasteiger charge is -2.22. The van der Waals surface area contributed by atoms with Crippen LogP contribution in [0.25, 0.3) is 11.0 Å². The van der Waals surface area contributed by atoms with Crippen LogP contribution in [0.4, 0.5) is 4.79 Å². The van der Waals surface area contributed by atoms with Gasteiger partial charge in [0.2, 0.25) is 5.91 Å². The first-order chi connectivity index (χ1) is 11.5. The van der Waals surface area contributed by atoms with Gasteiger partial charge in [-0.2, -0.15) is 0 Å². The van der Waals surface area contributed by atoms with E-state index in [4.69, 9.17) is 4.74 Å². The van der Waals surface area contributed by atoms with E-state index in [0.717, 1.165) is 5.56 Å². The summed E-state index contributed by atoms with van der Waals surface area (Å²) in [6.45, 7) is 8.66. The van der Waals surface area contributed by atoms with Crippen LogP contribution in [0.3, 0.4) is 0 Å². The number of nitrogens with one attached hydrogen (secondary N) is 4. The minimum atomic E-state index is -0.743. The normalized spacial score (nSPS) is 14.0. The Bertz CT molecular complexity index is 831. The Balaban J connectivity index is 1.98. The van der Waals surface area contributed by atoms with Crippen molar-refractivity contribution in [3.63, 3.8) is 0 Å². The lowest BCUT2D eigenvalue weighted by Crippen LogP contribution is -2.47. The summed E-state index contributed by atoms with van der Waals surface area (Å²) in [5.74, 6) is -0.332. The molecule has 0 fully saturated rings. The minimum absolute atomic E-state index is 0.279. The van der Waals surface area contributed by atoms with Crippen LogP contribution >= 0.6 is 0 Å². The number of hydrogen-bond donors (Lipinski definition) is 4. The molecule has 2 rings (SSSR count). The van der Waals surface area contributed by atoms with Crippen molar-refractivity contribution in [2.45, 2.75) is 52.3 Å². The maximum atomic E-state index is 12.3. The number of benzene rings is 1. The molecule has 136 valence electrons. The lowest BCUT2D eigenvalue weighted by atomic mass is 10.1. The van der Waals surface area contributed by atoms with Crippen LogP contribution in [0.15, 0.2) is 23.0 Å². The van der Waals surface area contributed by atoms with Gasteiger partial charge in [-0.3, -0.25) is 4.79 Å². The molecular weight excluding hydrogens is 324 g/mol. The predicted molar refractivity (Wildman–Crippen MR) is 94.3 cm³/mol. The van der Waals surface area contributed by atoms with E-state index >= 15 is 0 Å². The molecule has 0 bridgehead atoms. The van der Waals surface area contributed by atoms with Crippen molar-refractivity contribution >= 4 is 23.0 Å². The van der Waals surface area contributed by atoms with Crippen LogP contribution in [0.2, 0.25) is 0 Å². The van der Waals surface area contributed by atoms with Crippen LogP contribution in [-0.2, 0) is 9.53 Å². The smallest absolute Gasteiger partial charge is 0.408 e. The fourth-order valence-corrected chi connectivity index (χ4v) is 2.29. The molecule has 0 aliphatic heterocycles. The molecular formula is C17H24N4O4. The summed E-state index contributed by atoms with van der Waals surface area (Å²) in [5.41, 5.74) is 1.30. The van der Waals surface area contributed by atoms with Crippen LogP contribution in [-0.4, -0.2) is 33.6 Å². The molecule has 1 heterocycles. The Morgan fingerprint density at radius 2 is 1.72 bits per heavy atom. The fourth-order valence-electron chi connectivity index (χ4n) is 2.29. The number of hydrogen-bond acceptors (Lipinski definition) is 4. The van der Waals surface area contributed by atoms with Crippen molar-refractivity contribution in [3.8, 4) is 0 Å². The number of H-pyrrole nitrogens is 2. The summed E-state index contributed by atoms with van der Waals surface area (Å²) in [4.78, 5) is 40.6. The topological polar surface area (TPSA) is 116 Å². The zero-order chi connectivity index (χ0) is 18.8. The van der Waals surface area contributed by atoms with Crippen LogP contribution in [0.5, 0.6) is 0 Å². The first kappa shape index (κ1) is 18.6. The van der Waals surface area contributed by atoms with E-state index in [1.165, 1.54) is 0 Å². The van der Waals surface area contributed by atoms with Gasteiger partial charge in [0.05, 0.1) is 17.1 Å². The van der Waals surface area contributed by atoms with Gasteiger partial charge in [0, 0.05) is 0 Å². The van der Waals surface area contributed by atoms with Gasteiger partial charge >= 0.3 is 11.8 Å². The highest BCUT2D eigenvalue weighted by Crippen LogP contribution is 2.17. The molecule has 0 spiro atoms. The Morgan fingerprint density at radius 3 is 2.36 bits per heavy atom. The lowest BCUT2D eigenvalue weighted by molar-refractivity contribution is -0.123. The molecule has 1 aromatic carbocycles. The first-order valence-electron chi connectivity index (χ1n) is 8.07. The summed E-state index contributed by atoms with van der Waals surface area (Å²) in [6, 6.07) is 4.35. The van der Waals surface area contributed by atoms with E-state index in [1.807, 2.05) is 13.0 Å². The number of amides is 2. The average molecular weight is 348 g/mol. The van der Waals surface area contributed by atoms with E-state index in [-0.39, 0.29) is 17.6 Å². The molecule has 8 nitrogen and oxygen atoms in total. The third kappa shape index (κ3) is 5.10. The Labute approximate surface area is 145 Å². The second kappa shape index (κ2) is 7.00. The number of rotatable bonds is 4. The number of aromatic amines is 2. The number of imidazole rings is 1. The van der Waals surface area contributed by atoms with Gasteiger partial charge in [0.25, 0.3) is 0 Å². The largest absolute Gasteiger partial charge is 0.444 e. The van der Waals surface area contributed by atoms with E-state index in [2.05, 4.69) is 20.6 Å². The van der Waals surface area contributed by atoms with Gasteiger partial charge in [-0.05, 0) is 52.3 Å². The Hall–Kier alpha value is -2.77. The fraction of sp³-hybridized carbons (Fsp3) is 0.471. The summed E-state index contributed by atoms with van der Waals surface area (Å²) in [7, 11) is 0. The third-order valence-corrected chi connectivity index (χ3v) is 3.53. The van der Waals surface area contributed by atoms with Gasteiger partial charge in [-0.25, -0.2) is 9.59 Å². The molecule has 2 aromatic rings. The molecule has 25 heavy (non-hydrogen) atoms. The average Bonchev–Trinajstić information content (AvgIpc) is 2.83. The molecule has 0 saturated carbocycles. The van der Waals surface area contributed by atoms with Crippen LogP contribution < -0.4 is 16.3 Å². The first-order valence-corrected chi connectivity index (χ1v) is 8.07. The van der Waals surface area contributed by atoms with Crippen molar-refractivity contribution in [1.29, 1.82) is 0 Å². The van der Waals surface area contributed by atoms with Crippen molar-refractivity contribution in [1.82, 2.24) is 20.6 Å². The van der Waals surface area contributed by atoms with Crippen molar-refractivity contribution in [2.75, 3.05) is 0 Å². The number of carbonyl (C=O) groups is 2. The number of aromatic nitrogens is 2. The van der Waals surface area contributed by atoms with Gasteiger partial charge in [0.15, 0.2) is 0 Å². The van der Waals surface area contributed by atoms with E-state index in [0.29, 0.717) is 11.0 Å². The molecule has 2 amide bonds. The molecule has 8 heteroatoms. The molecule has 0 saturated heterocycles. The van der Waals surface area contributed by atoms with Gasteiger partial charge in [-0.15, -0.1) is 0 Å². The second-order valence-electron chi connectivity index (χ2n) is 6.98. The van der Waals surface area contributed by atoms with Crippen LogP contribution in [0.1, 0.15) is 46.2 Å². The molecule has 1 aromatic heterocycles. The van der Waals surface area contributed by atoms with E-state index in [1.54, 1.807) is 39.8 Å². The number of carbonyl (C=O) groups excluding carboxylic acids is 2. The molecule has 0 radical (unpaired) electrons. The van der Waals surface area contributed by atoms with E-state index < -0.39 is 17.7 Å². The molecule has 0 aliphatic carbocycles. The van der Waals surface area contributed by atoms with Crippen LogP contribution in [0, 0.1) is 0 Å². The highest BCUT2D eigenvalue weighted by atomic mass is 16.6.